The first-order chi connectivity index (χ1) is 5.17. The molecule has 2 N–H and O–H groups in total. The molecule has 0 fully saturated rings. The van der Waals surface area contributed by atoms with E-state index in [0.29, 0.717) is 0 Å². The summed E-state index contributed by atoms with van der Waals surface area (Å²) in [4.78, 5) is 3.51. The molecule has 0 aliphatic carbocycles. The van der Waals surface area contributed by atoms with Gasteiger partial charge in [-0.15, -0.1) is 0 Å². The van der Waals surface area contributed by atoms with E-state index >= 15 is 0 Å². The van der Waals surface area contributed by atoms with Gasteiger partial charge in [0.25, 0.3) is 0 Å². The second-order valence-electron chi connectivity index (χ2n) is 1.82. The Balaban J connectivity index is 3.14. The Hall–Kier alpha value is -0.980. The summed E-state index contributed by atoms with van der Waals surface area (Å²) in [7, 11) is -3.72. The van der Waals surface area contributed by atoms with Gasteiger partial charge in [0.1, 0.15) is 4.90 Å². The van der Waals surface area contributed by atoms with Gasteiger partial charge >= 0.3 is 10.0 Å². The number of nitrogens with two attached hydrogens (primary N) is 1. The van der Waals surface area contributed by atoms with E-state index in [1.54, 1.807) is 0 Å². The van der Waals surface area contributed by atoms with Gasteiger partial charge in [0.05, 0.1) is 0 Å². The van der Waals surface area contributed by atoms with E-state index in [-0.39, 0.29) is 9.78 Å². The molecule has 0 aromatic carbocycles. The molecule has 0 saturated carbocycles. The zero-order valence-electron chi connectivity index (χ0n) is 5.47. The van der Waals surface area contributed by atoms with Gasteiger partial charge < -0.3 is 5.21 Å². The molecular weight excluding hydrogens is 168 g/mol. The normalized spacial score (nSPS) is 11.4. The highest BCUT2D eigenvalue weighted by atomic mass is 32.2. The standard InChI is InChI=1S/C5H6N2O3S/c8-7-11(9,10)5-1-3-6-4-2-5/h1-4H,7H2. The van der Waals surface area contributed by atoms with E-state index in [1.165, 1.54) is 24.5 Å². The third kappa shape index (κ3) is 1.73. The van der Waals surface area contributed by atoms with Crippen molar-refractivity contribution in [3.8, 4) is 0 Å². The maximum absolute atomic E-state index is 10.8. The Kier molecular flexibility index (Phi) is 2.18. The van der Waals surface area contributed by atoms with Crippen LogP contribution in [0.25, 0.3) is 0 Å². The largest absolute Gasteiger partial charge is 0.620 e. The minimum Gasteiger partial charge on any atom is -0.620 e. The molecule has 0 aliphatic heterocycles. The van der Waals surface area contributed by atoms with Gasteiger partial charge in [-0.1, -0.05) is 0 Å². The van der Waals surface area contributed by atoms with Gasteiger partial charge in [0, 0.05) is 12.4 Å². The first kappa shape index (κ1) is 8.12. The minimum atomic E-state index is -3.72. The van der Waals surface area contributed by atoms with E-state index in [2.05, 4.69) is 4.98 Å². The van der Waals surface area contributed by atoms with E-state index in [4.69, 9.17) is 0 Å². The maximum atomic E-state index is 10.8. The van der Waals surface area contributed by atoms with Crippen LogP contribution in [0.15, 0.2) is 29.4 Å². The molecule has 0 atom stereocenters. The van der Waals surface area contributed by atoms with Crippen molar-refractivity contribution in [2.45, 2.75) is 4.90 Å². The summed E-state index contributed by atoms with van der Waals surface area (Å²) in [5, 5.41) is 10.0. The lowest BCUT2D eigenvalue weighted by molar-refractivity contribution is -0.416. The quantitative estimate of drug-likeness (QED) is 0.572. The molecule has 1 aromatic heterocycles. The molecule has 0 aliphatic rings. The highest BCUT2D eigenvalue weighted by Crippen LogP contribution is 2.00. The van der Waals surface area contributed by atoms with E-state index in [0.717, 1.165) is 0 Å². The van der Waals surface area contributed by atoms with Gasteiger partial charge in [0.15, 0.2) is 0 Å². The Morgan fingerprint density at radius 1 is 1.36 bits per heavy atom. The Bertz CT molecular complexity index is 321. The molecule has 6 heteroatoms. The number of nitrogens with zero attached hydrogens (tertiary/aromatic N) is 1. The van der Waals surface area contributed by atoms with Crippen LogP contribution in [-0.4, -0.2) is 13.4 Å². The fourth-order valence-electron chi connectivity index (χ4n) is 0.583. The zero-order valence-corrected chi connectivity index (χ0v) is 6.28. The SMILES string of the molecule is O=S(=O)([NH2+][O-])c1ccncc1. The topological polar surface area (TPSA) is 86.7 Å². The second kappa shape index (κ2) is 2.95. The van der Waals surface area contributed by atoms with Crippen LogP contribution in [0.1, 0.15) is 0 Å². The number of pyridine rings is 1. The summed E-state index contributed by atoms with van der Waals surface area (Å²) < 4.78 is 21.6. The maximum Gasteiger partial charge on any atom is 0.323 e. The van der Waals surface area contributed by atoms with Gasteiger partial charge in [-0.05, 0) is 12.1 Å². The number of primary sulfonamides is 1. The Morgan fingerprint density at radius 2 is 1.91 bits per heavy atom. The summed E-state index contributed by atoms with van der Waals surface area (Å²) in [6, 6.07) is 2.54. The number of rotatable bonds is 2. The third-order valence-corrected chi connectivity index (χ3v) is 2.29. The number of sulfonamides is 1. The smallest absolute Gasteiger partial charge is 0.323 e. The van der Waals surface area contributed by atoms with E-state index in [1.807, 2.05) is 0 Å². The molecular formula is C5H6N2O3S. The first-order valence-corrected chi connectivity index (χ1v) is 4.32. The summed E-state index contributed by atoms with van der Waals surface area (Å²) in [5.41, 5.74) is 0. The van der Waals surface area contributed by atoms with Crippen LogP contribution in [0.2, 0.25) is 0 Å². The number of aromatic nitrogens is 1. The lowest BCUT2D eigenvalue weighted by atomic mass is 10.5. The van der Waals surface area contributed by atoms with Gasteiger partial charge in [-0.3, -0.25) is 9.87 Å². The third-order valence-electron chi connectivity index (χ3n) is 1.10. The number of hydrogen-bond acceptors (Lipinski definition) is 4. The van der Waals surface area contributed by atoms with Crippen molar-refractivity contribution in [1.29, 1.82) is 0 Å². The predicted octanol–water partition coefficient (Wildman–Crippen LogP) is -1.17. The van der Waals surface area contributed by atoms with Crippen molar-refractivity contribution >= 4 is 10.0 Å². The molecule has 11 heavy (non-hydrogen) atoms. The van der Waals surface area contributed by atoms with Crippen LogP contribution < -0.4 is 4.89 Å². The second-order valence-corrected chi connectivity index (χ2v) is 3.58. The molecule has 0 bridgehead atoms. The average molecular weight is 174 g/mol. The summed E-state index contributed by atoms with van der Waals surface area (Å²) in [6.45, 7) is 0. The van der Waals surface area contributed by atoms with Crippen molar-refractivity contribution in [2.24, 2.45) is 0 Å². The van der Waals surface area contributed by atoms with E-state index < -0.39 is 10.0 Å². The average Bonchev–Trinajstić information content (AvgIpc) is 2.06. The highest BCUT2D eigenvalue weighted by molar-refractivity contribution is 7.84. The zero-order chi connectivity index (χ0) is 8.32. The lowest BCUT2D eigenvalue weighted by Crippen LogP contribution is -2.80. The fourth-order valence-corrected chi connectivity index (χ4v) is 1.20. The monoisotopic (exact) mass is 174 g/mol. The Morgan fingerprint density at radius 3 is 2.36 bits per heavy atom. The van der Waals surface area contributed by atoms with Gasteiger partial charge in [0.2, 0.25) is 0 Å². The van der Waals surface area contributed by atoms with Crippen molar-refractivity contribution in [3.05, 3.63) is 29.7 Å². The van der Waals surface area contributed by atoms with Gasteiger partial charge in [-0.25, -0.2) is 0 Å². The summed E-state index contributed by atoms with van der Waals surface area (Å²) >= 11 is 0. The highest BCUT2D eigenvalue weighted by Gasteiger charge is 2.11. The first-order valence-electron chi connectivity index (χ1n) is 2.77. The molecule has 60 valence electrons. The molecule has 1 heterocycles. The van der Waals surface area contributed by atoms with Crippen molar-refractivity contribution in [1.82, 2.24) is 4.98 Å². The van der Waals surface area contributed by atoms with Crippen LogP contribution in [0, 0.1) is 5.21 Å². The molecule has 1 aromatic rings. The molecule has 0 unspecified atom stereocenters. The summed E-state index contributed by atoms with van der Waals surface area (Å²) in [6.07, 6.45) is 2.63. The van der Waals surface area contributed by atoms with Crippen LogP contribution in [0.4, 0.5) is 0 Å². The van der Waals surface area contributed by atoms with Crippen LogP contribution in [0.5, 0.6) is 0 Å². The molecule has 0 amide bonds. The van der Waals surface area contributed by atoms with Crippen LogP contribution >= 0.6 is 0 Å². The van der Waals surface area contributed by atoms with E-state index in [9.17, 15) is 13.6 Å². The van der Waals surface area contributed by atoms with Gasteiger partial charge in [-0.2, -0.15) is 8.42 Å². The molecule has 0 spiro atoms. The Labute approximate surface area is 63.7 Å². The van der Waals surface area contributed by atoms with Crippen molar-refractivity contribution in [3.63, 3.8) is 0 Å². The minimum absolute atomic E-state index is 0.0255. The van der Waals surface area contributed by atoms with Crippen LogP contribution in [-0.2, 0) is 10.0 Å². The molecule has 5 nitrogen and oxygen atoms in total. The molecule has 0 saturated heterocycles. The number of hydrogen-bond donors (Lipinski definition) is 1. The van der Waals surface area contributed by atoms with Crippen LogP contribution in [0.3, 0.4) is 0 Å². The predicted molar refractivity (Wildman–Crippen MR) is 36.7 cm³/mol. The fraction of sp³-hybridized carbons (Fsp3) is 0. The summed E-state index contributed by atoms with van der Waals surface area (Å²) in [5.74, 6) is 0. The van der Waals surface area contributed by atoms with Crippen molar-refractivity contribution in [2.75, 3.05) is 0 Å². The molecule has 1 rings (SSSR count). The number of quaternary nitrogens is 1. The van der Waals surface area contributed by atoms with Crippen molar-refractivity contribution < 1.29 is 13.3 Å². The molecule has 0 radical (unpaired) electrons. The lowest BCUT2D eigenvalue weighted by Gasteiger charge is -2.01.